The summed E-state index contributed by atoms with van der Waals surface area (Å²) in [6.07, 6.45) is 0. The number of hydrogen-bond donors (Lipinski definition) is 2. The van der Waals surface area contributed by atoms with Gasteiger partial charge in [-0.2, -0.15) is 0 Å². The Balaban J connectivity index is 2.89. The first kappa shape index (κ1) is 7.16. The maximum absolute atomic E-state index is 8.82. The Hall–Kier alpha value is -0.955. The minimum atomic E-state index is -0.958. The van der Waals surface area contributed by atoms with Crippen molar-refractivity contribution in [2.45, 2.75) is 6.00 Å². The highest BCUT2D eigenvalue weighted by Crippen LogP contribution is 2.13. The fraction of sp³-hybridized carbons (Fsp3) is 0.143. The van der Waals surface area contributed by atoms with Crippen LogP contribution in [0.3, 0.4) is 0 Å². The van der Waals surface area contributed by atoms with E-state index in [9.17, 15) is 0 Å². The maximum Gasteiger partial charge on any atom is 0.115 e. The van der Waals surface area contributed by atoms with E-state index < -0.39 is 6.00 Å². The third-order valence-corrected chi connectivity index (χ3v) is 1.23. The zero-order valence-electron chi connectivity index (χ0n) is 5.36. The third-order valence-electron chi connectivity index (χ3n) is 1.23. The summed E-state index contributed by atoms with van der Waals surface area (Å²) in [5, 5.41) is 17.6. The van der Waals surface area contributed by atoms with Crippen molar-refractivity contribution in [2.75, 3.05) is 0 Å². The van der Waals surface area contributed by atoms with Crippen molar-refractivity contribution in [3.05, 3.63) is 29.8 Å². The lowest BCUT2D eigenvalue weighted by Gasteiger charge is -2.02. The summed E-state index contributed by atoms with van der Waals surface area (Å²) in [7, 11) is 5.14. The van der Waals surface area contributed by atoms with Crippen LogP contribution in [-0.4, -0.2) is 18.1 Å². The second-order valence-electron chi connectivity index (χ2n) is 2.04. The quantitative estimate of drug-likeness (QED) is 0.550. The van der Waals surface area contributed by atoms with Crippen LogP contribution in [0.1, 0.15) is 11.6 Å². The largest absolute Gasteiger partial charge is 0.508 e. The molecule has 3 heteroatoms. The van der Waals surface area contributed by atoms with Crippen molar-refractivity contribution in [3.8, 4) is 5.75 Å². The van der Waals surface area contributed by atoms with Gasteiger partial charge in [0.2, 0.25) is 0 Å². The predicted octanol–water partition coefficient (Wildman–Crippen LogP) is 0.552. The van der Waals surface area contributed by atoms with Gasteiger partial charge in [0.1, 0.15) is 13.6 Å². The van der Waals surface area contributed by atoms with Gasteiger partial charge in [0.25, 0.3) is 0 Å². The highest BCUT2D eigenvalue weighted by atomic mass is 16.3. The standard InChI is InChI=1S/C7H7BO2/c8-7(10)5-1-3-6(9)4-2-5/h1-4,7,9-10H. The molecule has 1 aromatic rings. The molecule has 2 nitrogen and oxygen atoms in total. The molecule has 0 aliphatic rings. The fourth-order valence-electron chi connectivity index (χ4n) is 0.671. The van der Waals surface area contributed by atoms with Gasteiger partial charge in [-0.1, -0.05) is 12.1 Å². The molecule has 1 atom stereocenters. The highest BCUT2D eigenvalue weighted by molar-refractivity contribution is 6.11. The van der Waals surface area contributed by atoms with E-state index in [1.54, 1.807) is 12.1 Å². The van der Waals surface area contributed by atoms with Gasteiger partial charge in [-0.25, -0.2) is 0 Å². The molecule has 0 fully saturated rings. The molecule has 0 bridgehead atoms. The summed E-state index contributed by atoms with van der Waals surface area (Å²) >= 11 is 0. The molecule has 2 N–H and O–H groups in total. The van der Waals surface area contributed by atoms with Crippen molar-refractivity contribution in [1.82, 2.24) is 0 Å². The molecule has 2 radical (unpaired) electrons. The van der Waals surface area contributed by atoms with Crippen LogP contribution < -0.4 is 0 Å². The Labute approximate surface area is 60.5 Å². The number of phenols is 1. The van der Waals surface area contributed by atoms with E-state index >= 15 is 0 Å². The summed E-state index contributed by atoms with van der Waals surface area (Å²) in [5.41, 5.74) is 0.595. The molecule has 0 aromatic heterocycles. The lowest BCUT2D eigenvalue weighted by Crippen LogP contribution is -1.93. The third kappa shape index (κ3) is 1.51. The lowest BCUT2D eigenvalue weighted by molar-refractivity contribution is 0.262. The first-order chi connectivity index (χ1) is 4.70. The first-order valence-corrected chi connectivity index (χ1v) is 2.93. The molecule has 0 aliphatic carbocycles. The van der Waals surface area contributed by atoms with Crippen LogP contribution in [0.15, 0.2) is 24.3 Å². The topological polar surface area (TPSA) is 40.5 Å². The molecule has 10 heavy (non-hydrogen) atoms. The Morgan fingerprint density at radius 2 is 1.70 bits per heavy atom. The van der Waals surface area contributed by atoms with E-state index in [1.165, 1.54) is 12.1 Å². The number of benzene rings is 1. The van der Waals surface area contributed by atoms with E-state index in [2.05, 4.69) is 0 Å². The SMILES string of the molecule is [B]C(O)c1ccc(O)cc1. The average molecular weight is 134 g/mol. The van der Waals surface area contributed by atoms with Crippen LogP contribution in [0.25, 0.3) is 0 Å². The van der Waals surface area contributed by atoms with E-state index in [4.69, 9.17) is 18.1 Å². The molecular formula is C7H7BO2. The molecular weight excluding hydrogens is 127 g/mol. The van der Waals surface area contributed by atoms with Crippen molar-refractivity contribution >= 4 is 7.85 Å². The maximum atomic E-state index is 8.82. The van der Waals surface area contributed by atoms with Crippen LogP contribution in [0.5, 0.6) is 5.75 Å². The van der Waals surface area contributed by atoms with Gasteiger partial charge >= 0.3 is 0 Å². The Morgan fingerprint density at radius 1 is 1.20 bits per heavy atom. The van der Waals surface area contributed by atoms with Gasteiger partial charge in [-0.05, 0) is 17.7 Å². The molecule has 0 saturated carbocycles. The summed E-state index contributed by atoms with van der Waals surface area (Å²) in [5.74, 6) is 0.171. The molecule has 0 spiro atoms. The minimum Gasteiger partial charge on any atom is -0.508 e. The van der Waals surface area contributed by atoms with Crippen LogP contribution >= 0.6 is 0 Å². The van der Waals surface area contributed by atoms with Gasteiger partial charge in [0, 0.05) is 6.00 Å². The van der Waals surface area contributed by atoms with Crippen molar-refractivity contribution in [2.24, 2.45) is 0 Å². The van der Waals surface area contributed by atoms with Gasteiger partial charge in [0.15, 0.2) is 0 Å². The summed E-state index contributed by atoms with van der Waals surface area (Å²) in [4.78, 5) is 0. The molecule has 0 saturated heterocycles. The van der Waals surface area contributed by atoms with Crippen molar-refractivity contribution in [3.63, 3.8) is 0 Å². The minimum absolute atomic E-state index is 0.171. The van der Waals surface area contributed by atoms with E-state index in [1.807, 2.05) is 0 Å². The van der Waals surface area contributed by atoms with Crippen molar-refractivity contribution < 1.29 is 10.2 Å². The monoisotopic (exact) mass is 134 g/mol. The summed E-state index contributed by atoms with van der Waals surface area (Å²) in [6, 6.07) is 5.14. The first-order valence-electron chi connectivity index (χ1n) is 2.93. The lowest BCUT2D eigenvalue weighted by atomic mass is 9.93. The second-order valence-corrected chi connectivity index (χ2v) is 2.04. The van der Waals surface area contributed by atoms with Crippen LogP contribution in [0, 0.1) is 0 Å². The number of phenolic OH excluding ortho intramolecular Hbond substituents is 1. The van der Waals surface area contributed by atoms with E-state index in [0.29, 0.717) is 5.56 Å². The normalized spacial score (nSPS) is 12.9. The molecule has 50 valence electrons. The highest BCUT2D eigenvalue weighted by Gasteiger charge is 1.97. The molecule has 1 unspecified atom stereocenters. The second kappa shape index (κ2) is 2.75. The number of hydrogen-bond acceptors (Lipinski definition) is 2. The van der Waals surface area contributed by atoms with Gasteiger partial charge in [0.05, 0.1) is 0 Å². The van der Waals surface area contributed by atoms with E-state index in [0.717, 1.165) is 0 Å². The zero-order valence-corrected chi connectivity index (χ0v) is 5.36. The molecule has 0 heterocycles. The number of aliphatic hydroxyl groups excluding tert-OH is 1. The molecule has 0 aliphatic heterocycles. The number of rotatable bonds is 1. The Kier molecular flexibility index (Phi) is 1.97. The zero-order chi connectivity index (χ0) is 7.56. The van der Waals surface area contributed by atoms with Crippen LogP contribution in [0.4, 0.5) is 0 Å². The number of aromatic hydroxyl groups is 1. The Bertz CT molecular complexity index is 205. The molecule has 1 aromatic carbocycles. The summed E-state index contributed by atoms with van der Waals surface area (Å²) in [6.45, 7) is 0. The predicted molar refractivity (Wildman–Crippen MR) is 38.8 cm³/mol. The van der Waals surface area contributed by atoms with Gasteiger partial charge in [-0.15, -0.1) is 0 Å². The van der Waals surface area contributed by atoms with Crippen LogP contribution in [0.2, 0.25) is 0 Å². The van der Waals surface area contributed by atoms with Gasteiger partial charge < -0.3 is 10.2 Å². The smallest absolute Gasteiger partial charge is 0.115 e. The average Bonchev–Trinajstić information content (AvgIpc) is 1.88. The van der Waals surface area contributed by atoms with Gasteiger partial charge in [-0.3, -0.25) is 0 Å². The van der Waals surface area contributed by atoms with Crippen LogP contribution in [-0.2, 0) is 0 Å². The number of aliphatic hydroxyl groups is 1. The molecule has 1 rings (SSSR count). The van der Waals surface area contributed by atoms with E-state index in [-0.39, 0.29) is 5.75 Å². The Morgan fingerprint density at radius 3 is 2.10 bits per heavy atom. The molecule has 0 amide bonds. The van der Waals surface area contributed by atoms with Crippen molar-refractivity contribution in [1.29, 1.82) is 0 Å². The summed E-state index contributed by atoms with van der Waals surface area (Å²) < 4.78 is 0. The fourth-order valence-corrected chi connectivity index (χ4v) is 0.671.